The zero-order valence-corrected chi connectivity index (χ0v) is 19.7. The van der Waals surface area contributed by atoms with E-state index in [4.69, 9.17) is 29.2 Å². The lowest BCUT2D eigenvalue weighted by Crippen LogP contribution is -2.50. The van der Waals surface area contributed by atoms with Crippen LogP contribution in [0.1, 0.15) is 11.1 Å². The van der Waals surface area contributed by atoms with Gasteiger partial charge in [0.25, 0.3) is 11.1 Å². The van der Waals surface area contributed by atoms with Gasteiger partial charge < -0.3 is 4.74 Å². The largest absolute Gasteiger partial charge is 0.430 e. The molecule has 14 heteroatoms. The monoisotopic (exact) mass is 520 g/mol. The third-order valence-corrected chi connectivity index (χ3v) is 5.94. The van der Waals surface area contributed by atoms with E-state index in [-0.39, 0.29) is 4.99 Å². The summed E-state index contributed by atoms with van der Waals surface area (Å²) in [5.41, 5.74) is 1.65. The van der Waals surface area contributed by atoms with E-state index >= 15 is 0 Å². The van der Waals surface area contributed by atoms with Gasteiger partial charge in [-0.05, 0) is 24.4 Å². The second-order valence-corrected chi connectivity index (χ2v) is 8.97. The van der Waals surface area contributed by atoms with Gasteiger partial charge in [-0.1, -0.05) is 54.7 Å². The van der Waals surface area contributed by atoms with Gasteiger partial charge in [0, 0.05) is 19.7 Å². The molecule has 1 amide bonds. The molecule has 0 atom stereocenters. The molecule has 0 aromatic heterocycles. The van der Waals surface area contributed by atoms with Crippen LogP contribution in [0.4, 0.5) is 13.2 Å². The van der Waals surface area contributed by atoms with Crippen molar-refractivity contribution < 1.29 is 31.1 Å². The van der Waals surface area contributed by atoms with Crippen molar-refractivity contribution in [1.29, 1.82) is 0 Å². The lowest BCUT2D eigenvalue weighted by molar-refractivity contribution is -0.138. The molecule has 0 bridgehead atoms. The predicted octanol–water partition coefficient (Wildman–Crippen LogP) is 2.47. The molecule has 0 saturated heterocycles. The number of halogens is 3. The Hall–Kier alpha value is -2.81. The summed E-state index contributed by atoms with van der Waals surface area (Å²) >= 11 is 10.1. The van der Waals surface area contributed by atoms with Crippen LogP contribution in [0.3, 0.4) is 0 Å². The molecule has 0 heterocycles. The summed E-state index contributed by atoms with van der Waals surface area (Å²) in [7, 11) is -1.61. The van der Waals surface area contributed by atoms with Gasteiger partial charge in [-0.15, -0.1) is 4.83 Å². The summed E-state index contributed by atoms with van der Waals surface area (Å²) < 4.78 is 68.9. The number of nitrogens with zero attached hydrogens (tertiary/aromatic N) is 2. The van der Waals surface area contributed by atoms with Gasteiger partial charge in [0.05, 0.1) is 5.56 Å². The molecule has 0 aliphatic carbocycles. The van der Waals surface area contributed by atoms with E-state index in [1.165, 1.54) is 26.2 Å². The van der Waals surface area contributed by atoms with Gasteiger partial charge in [0.15, 0.2) is 0 Å². The fraction of sp³-hybridized carbons (Fsp3) is 0.211. The van der Waals surface area contributed by atoms with Crippen molar-refractivity contribution >= 4 is 50.5 Å². The van der Waals surface area contributed by atoms with E-state index in [0.29, 0.717) is 5.56 Å². The van der Waals surface area contributed by atoms with Gasteiger partial charge in [0.1, 0.15) is 16.5 Å². The van der Waals surface area contributed by atoms with Crippen LogP contribution in [0.15, 0.2) is 54.6 Å². The highest BCUT2D eigenvalue weighted by Gasteiger charge is 2.34. The maximum atomic E-state index is 13.1. The number of carbonyl (C=O) groups excluding carboxylic acids is 1. The van der Waals surface area contributed by atoms with Crippen LogP contribution in [-0.2, 0) is 21.0 Å². The number of thiocarbonyl (C=S) groups is 2. The molecule has 0 fully saturated rings. The maximum Gasteiger partial charge on any atom is 0.419 e. The molecule has 0 unspecified atom stereocenters. The lowest BCUT2D eigenvalue weighted by atomic mass is 10.2. The number of rotatable bonds is 6. The van der Waals surface area contributed by atoms with Crippen molar-refractivity contribution in [2.45, 2.75) is 6.18 Å². The van der Waals surface area contributed by atoms with Crippen LogP contribution in [0.2, 0.25) is 0 Å². The van der Waals surface area contributed by atoms with Gasteiger partial charge in [-0.25, -0.2) is 13.4 Å². The second kappa shape index (κ2) is 10.9. The summed E-state index contributed by atoms with van der Waals surface area (Å²) in [6.45, 7) is 0. The summed E-state index contributed by atoms with van der Waals surface area (Å²) in [5.74, 6) is -2.60. The van der Waals surface area contributed by atoms with Gasteiger partial charge in [0.2, 0.25) is 10.0 Å². The zero-order valence-electron chi connectivity index (χ0n) is 17.3. The van der Waals surface area contributed by atoms with Crippen LogP contribution in [0, 0.1) is 0 Å². The maximum absolute atomic E-state index is 13.1. The fourth-order valence-electron chi connectivity index (χ4n) is 2.45. The Balaban J connectivity index is 1.95. The first-order valence-corrected chi connectivity index (χ1v) is 11.5. The fourth-order valence-corrected chi connectivity index (χ4v) is 3.80. The summed E-state index contributed by atoms with van der Waals surface area (Å²) in [6.07, 6.45) is -4.68. The molecular formula is C19H19F3N4O4S3. The van der Waals surface area contributed by atoms with Crippen LogP contribution < -0.4 is 15.0 Å². The number of hydrazine groups is 2. The van der Waals surface area contributed by atoms with E-state index in [1.54, 1.807) is 30.3 Å². The van der Waals surface area contributed by atoms with Crippen molar-refractivity contribution in [3.63, 3.8) is 0 Å². The minimum Gasteiger partial charge on any atom is -0.430 e. The number of amides is 1. The third-order valence-electron chi connectivity index (χ3n) is 3.88. The van der Waals surface area contributed by atoms with Crippen LogP contribution in [-0.4, -0.2) is 54.4 Å². The first-order chi connectivity index (χ1) is 15.3. The number of sulfonamides is 1. The number of carbonyl (C=O) groups is 1. The predicted molar refractivity (Wildman–Crippen MR) is 123 cm³/mol. The Labute approximate surface area is 199 Å². The highest BCUT2D eigenvalue weighted by molar-refractivity contribution is 7.90. The van der Waals surface area contributed by atoms with E-state index in [9.17, 15) is 26.4 Å². The number of alkyl halides is 3. The number of para-hydroxylation sites is 1. The van der Waals surface area contributed by atoms with Crippen LogP contribution >= 0.6 is 24.4 Å². The average molecular weight is 521 g/mol. The van der Waals surface area contributed by atoms with E-state index in [1.807, 2.05) is 0 Å². The number of benzene rings is 2. The minimum absolute atomic E-state index is 0.176. The number of hydrogen-bond acceptors (Lipinski definition) is 6. The Morgan fingerprint density at radius 1 is 1.00 bits per heavy atom. The standard InChI is InChI=1S/C19H19F3N4O4S3/c1-25(17(31)13-8-4-3-5-9-13)24-33(28,29)12-16(27)23-26(2)18(32)30-15-11-7-6-10-14(15)19(20,21)22/h3-11,24H,12H2,1-2H3,(H,23,27). The van der Waals surface area contributed by atoms with Crippen molar-refractivity contribution in [3.8, 4) is 5.75 Å². The highest BCUT2D eigenvalue weighted by atomic mass is 32.2. The highest BCUT2D eigenvalue weighted by Crippen LogP contribution is 2.36. The Kier molecular flexibility index (Phi) is 8.71. The smallest absolute Gasteiger partial charge is 0.419 e. The van der Waals surface area contributed by atoms with Gasteiger partial charge in [-0.2, -0.15) is 13.2 Å². The molecule has 0 radical (unpaired) electrons. The van der Waals surface area contributed by atoms with Crippen molar-refractivity contribution in [2.75, 3.05) is 19.8 Å². The second-order valence-electron chi connectivity index (χ2n) is 6.54. The molecule has 33 heavy (non-hydrogen) atoms. The molecule has 2 N–H and O–H groups in total. The summed E-state index contributed by atoms with van der Waals surface area (Å²) in [6, 6.07) is 13.0. The molecule has 0 spiro atoms. The SMILES string of the molecule is CN(NC(=O)CS(=O)(=O)NN(C)C(=S)c1ccccc1)C(=S)Oc1ccccc1C(F)(F)F. The molecule has 0 aliphatic heterocycles. The molecule has 2 aromatic carbocycles. The van der Waals surface area contributed by atoms with E-state index in [0.717, 1.165) is 22.2 Å². The topological polar surface area (TPSA) is 91.0 Å². The number of ether oxygens (including phenoxy) is 1. The summed E-state index contributed by atoms with van der Waals surface area (Å²) in [4.78, 5) is 14.5. The molecule has 8 nitrogen and oxygen atoms in total. The van der Waals surface area contributed by atoms with E-state index < -0.39 is 44.3 Å². The van der Waals surface area contributed by atoms with Crippen molar-refractivity contribution in [2.24, 2.45) is 0 Å². The summed E-state index contributed by atoms with van der Waals surface area (Å²) in [5, 5.41) is 1.32. The molecule has 0 aliphatic rings. The van der Waals surface area contributed by atoms with E-state index in [2.05, 4.69) is 10.3 Å². The van der Waals surface area contributed by atoms with Crippen LogP contribution in [0.25, 0.3) is 0 Å². The van der Waals surface area contributed by atoms with Crippen molar-refractivity contribution in [3.05, 3.63) is 65.7 Å². The minimum atomic E-state index is -4.68. The number of nitrogens with one attached hydrogen (secondary N) is 2. The lowest BCUT2D eigenvalue weighted by Gasteiger charge is -2.23. The average Bonchev–Trinajstić information content (AvgIpc) is 2.72. The normalized spacial score (nSPS) is 11.4. The molecule has 2 aromatic rings. The Morgan fingerprint density at radius 3 is 2.18 bits per heavy atom. The Bertz CT molecular complexity index is 1130. The Morgan fingerprint density at radius 2 is 1.58 bits per heavy atom. The quantitative estimate of drug-likeness (QED) is 0.444. The van der Waals surface area contributed by atoms with Gasteiger partial charge in [-0.3, -0.25) is 15.2 Å². The van der Waals surface area contributed by atoms with Crippen LogP contribution in [0.5, 0.6) is 5.75 Å². The zero-order chi connectivity index (χ0) is 24.8. The number of hydrogen-bond donors (Lipinski definition) is 2. The van der Waals surface area contributed by atoms with Crippen molar-refractivity contribution in [1.82, 2.24) is 20.3 Å². The molecule has 2 rings (SSSR count). The van der Waals surface area contributed by atoms with Gasteiger partial charge >= 0.3 is 6.18 Å². The third kappa shape index (κ3) is 7.92. The first kappa shape index (κ1) is 26.4. The molecular weight excluding hydrogens is 501 g/mol. The molecule has 178 valence electrons. The first-order valence-electron chi connectivity index (χ1n) is 9.04. The molecule has 0 saturated carbocycles.